The van der Waals surface area contributed by atoms with Crippen LogP contribution in [0.3, 0.4) is 0 Å². The first kappa shape index (κ1) is 14.3. The van der Waals surface area contributed by atoms with Gasteiger partial charge in [0, 0.05) is 23.4 Å². The third-order valence-electron chi connectivity index (χ3n) is 3.44. The van der Waals surface area contributed by atoms with Crippen molar-refractivity contribution < 1.29 is 5.11 Å². The monoisotopic (exact) mass is 322 g/mol. The fourth-order valence-corrected chi connectivity index (χ4v) is 2.50. The highest BCUT2D eigenvalue weighted by molar-refractivity contribution is 9.10. The molecule has 1 unspecified atom stereocenters. The van der Waals surface area contributed by atoms with Gasteiger partial charge < -0.3 is 5.11 Å². The average molecular weight is 323 g/mol. The molecule has 1 aromatic heterocycles. The largest absolute Gasteiger partial charge is 0.388 e. The van der Waals surface area contributed by atoms with Crippen LogP contribution in [0.25, 0.3) is 0 Å². The summed E-state index contributed by atoms with van der Waals surface area (Å²) in [6.45, 7) is 4.10. The lowest BCUT2D eigenvalue weighted by Crippen LogP contribution is -2.04. The molecule has 0 saturated carbocycles. The lowest BCUT2D eigenvalue weighted by molar-refractivity contribution is 0.167. The van der Waals surface area contributed by atoms with Gasteiger partial charge in [-0.15, -0.1) is 0 Å². The van der Waals surface area contributed by atoms with Gasteiger partial charge >= 0.3 is 0 Å². The fourth-order valence-electron chi connectivity index (χ4n) is 2.27. The van der Waals surface area contributed by atoms with Gasteiger partial charge in [0.15, 0.2) is 0 Å². The summed E-state index contributed by atoms with van der Waals surface area (Å²) >= 11 is 3.55. The van der Waals surface area contributed by atoms with Gasteiger partial charge in [-0.05, 0) is 49.4 Å². The van der Waals surface area contributed by atoms with Gasteiger partial charge in [0.05, 0.1) is 6.10 Å². The van der Waals surface area contributed by atoms with E-state index in [1.165, 1.54) is 0 Å². The van der Waals surface area contributed by atoms with Crippen molar-refractivity contribution in [2.75, 3.05) is 0 Å². The Morgan fingerprint density at radius 2 is 1.95 bits per heavy atom. The normalized spacial score (nSPS) is 12.7. The highest BCUT2D eigenvalue weighted by atomic mass is 79.9. The van der Waals surface area contributed by atoms with E-state index in [1.807, 2.05) is 29.9 Å². The molecule has 0 aliphatic rings. The van der Waals surface area contributed by atoms with E-state index in [4.69, 9.17) is 0 Å². The van der Waals surface area contributed by atoms with E-state index in [0.29, 0.717) is 6.42 Å². The molecule has 0 saturated heterocycles. The number of halogens is 1. The molecule has 1 aromatic carbocycles. The van der Waals surface area contributed by atoms with Crippen LogP contribution in [-0.2, 0) is 13.5 Å². The smallest absolute Gasteiger partial charge is 0.0794 e. The number of aliphatic hydroxyl groups excluding tert-OH is 1. The maximum Gasteiger partial charge on any atom is 0.0794 e. The summed E-state index contributed by atoms with van der Waals surface area (Å²) in [6, 6.07) is 6.08. The molecular formula is C15H19BrN2O. The van der Waals surface area contributed by atoms with Crippen LogP contribution in [-0.4, -0.2) is 14.9 Å². The van der Waals surface area contributed by atoms with Gasteiger partial charge in [-0.1, -0.05) is 28.1 Å². The summed E-state index contributed by atoms with van der Waals surface area (Å²) in [6.07, 6.45) is 2.89. The van der Waals surface area contributed by atoms with Gasteiger partial charge in [0.1, 0.15) is 0 Å². The Balaban J connectivity index is 2.08. The number of aromatic nitrogens is 2. The molecule has 1 atom stereocenters. The Labute approximate surface area is 122 Å². The zero-order valence-electron chi connectivity index (χ0n) is 11.5. The van der Waals surface area contributed by atoms with Crippen molar-refractivity contribution in [1.82, 2.24) is 9.78 Å². The van der Waals surface area contributed by atoms with Crippen molar-refractivity contribution in [3.63, 3.8) is 0 Å². The summed E-state index contributed by atoms with van der Waals surface area (Å²) in [7, 11) is 1.93. The molecule has 102 valence electrons. The second-order valence-electron chi connectivity index (χ2n) is 4.97. The number of rotatable bonds is 4. The molecule has 19 heavy (non-hydrogen) atoms. The zero-order valence-corrected chi connectivity index (χ0v) is 13.1. The Morgan fingerprint density at radius 3 is 2.47 bits per heavy atom. The minimum absolute atomic E-state index is 0.430. The number of aliphatic hydroxyl groups is 1. The minimum atomic E-state index is -0.430. The number of aryl methyl sites for hydroxylation is 4. The number of hydrogen-bond donors (Lipinski definition) is 1. The molecule has 0 amide bonds. The Bertz CT molecular complexity index is 554. The molecule has 2 rings (SSSR count). The summed E-state index contributed by atoms with van der Waals surface area (Å²) < 4.78 is 2.97. The summed E-state index contributed by atoms with van der Waals surface area (Å²) in [5, 5.41) is 14.4. The molecule has 1 heterocycles. The molecule has 0 fully saturated rings. The van der Waals surface area contributed by atoms with Crippen molar-refractivity contribution in [1.29, 1.82) is 0 Å². The topological polar surface area (TPSA) is 38.1 Å². The molecule has 0 radical (unpaired) electrons. The van der Waals surface area contributed by atoms with Gasteiger partial charge in [-0.25, -0.2) is 0 Å². The quantitative estimate of drug-likeness (QED) is 0.936. The Kier molecular flexibility index (Phi) is 4.42. The molecule has 0 bridgehead atoms. The van der Waals surface area contributed by atoms with Crippen molar-refractivity contribution in [3.8, 4) is 0 Å². The number of hydrogen-bond acceptors (Lipinski definition) is 2. The van der Waals surface area contributed by atoms with Gasteiger partial charge in [-0.3, -0.25) is 4.68 Å². The van der Waals surface area contributed by atoms with Crippen LogP contribution >= 0.6 is 15.9 Å². The van der Waals surface area contributed by atoms with E-state index in [0.717, 1.165) is 33.3 Å². The van der Waals surface area contributed by atoms with Crippen molar-refractivity contribution in [2.24, 2.45) is 7.05 Å². The maximum atomic E-state index is 10.3. The average Bonchev–Trinajstić information content (AvgIpc) is 2.78. The summed E-state index contributed by atoms with van der Waals surface area (Å²) in [5.74, 6) is 0. The van der Waals surface area contributed by atoms with E-state index in [2.05, 4.69) is 34.9 Å². The SMILES string of the molecule is Cc1cc(C(O)CCc2ccnn2C)cc(C)c1Br. The van der Waals surface area contributed by atoms with Gasteiger partial charge in [0.2, 0.25) is 0 Å². The first-order valence-corrected chi connectivity index (χ1v) is 7.20. The van der Waals surface area contributed by atoms with Crippen LogP contribution in [0.1, 0.15) is 34.9 Å². The first-order chi connectivity index (χ1) is 8.99. The van der Waals surface area contributed by atoms with Crippen LogP contribution < -0.4 is 0 Å². The third-order valence-corrected chi connectivity index (χ3v) is 4.69. The van der Waals surface area contributed by atoms with Crippen molar-refractivity contribution in [2.45, 2.75) is 32.8 Å². The maximum absolute atomic E-state index is 10.3. The lowest BCUT2D eigenvalue weighted by atomic mass is 9.99. The molecule has 0 spiro atoms. The summed E-state index contributed by atoms with van der Waals surface area (Å²) in [4.78, 5) is 0. The highest BCUT2D eigenvalue weighted by Gasteiger charge is 2.11. The highest BCUT2D eigenvalue weighted by Crippen LogP contribution is 2.27. The van der Waals surface area contributed by atoms with E-state index < -0.39 is 6.10 Å². The van der Waals surface area contributed by atoms with E-state index >= 15 is 0 Å². The second kappa shape index (κ2) is 5.88. The van der Waals surface area contributed by atoms with Crippen LogP contribution in [0.15, 0.2) is 28.9 Å². The summed E-state index contributed by atoms with van der Waals surface area (Å²) in [5.41, 5.74) is 4.45. The van der Waals surface area contributed by atoms with Gasteiger partial charge in [-0.2, -0.15) is 5.10 Å². The standard InChI is InChI=1S/C15H19BrN2O/c1-10-8-12(9-11(2)15(10)16)14(19)5-4-13-6-7-17-18(13)3/h6-9,14,19H,4-5H2,1-3H3. The number of nitrogens with zero attached hydrogens (tertiary/aromatic N) is 2. The predicted octanol–water partition coefficient (Wildman–Crippen LogP) is 3.47. The molecule has 0 aliphatic heterocycles. The van der Waals surface area contributed by atoms with E-state index in [9.17, 15) is 5.11 Å². The Morgan fingerprint density at radius 1 is 1.32 bits per heavy atom. The molecule has 4 heteroatoms. The first-order valence-electron chi connectivity index (χ1n) is 6.40. The van der Waals surface area contributed by atoms with E-state index in [-0.39, 0.29) is 0 Å². The van der Waals surface area contributed by atoms with Crippen LogP contribution in [0, 0.1) is 13.8 Å². The van der Waals surface area contributed by atoms with Crippen LogP contribution in [0.2, 0.25) is 0 Å². The van der Waals surface area contributed by atoms with Crippen molar-refractivity contribution in [3.05, 3.63) is 51.3 Å². The zero-order chi connectivity index (χ0) is 14.0. The van der Waals surface area contributed by atoms with E-state index in [1.54, 1.807) is 6.20 Å². The Hall–Kier alpha value is -1.13. The molecule has 0 aliphatic carbocycles. The molecule has 3 nitrogen and oxygen atoms in total. The van der Waals surface area contributed by atoms with Crippen molar-refractivity contribution >= 4 is 15.9 Å². The molecular weight excluding hydrogens is 304 g/mol. The third kappa shape index (κ3) is 3.25. The molecule has 1 N–H and O–H groups in total. The van der Waals surface area contributed by atoms with Crippen LogP contribution in [0.5, 0.6) is 0 Å². The van der Waals surface area contributed by atoms with Crippen LogP contribution in [0.4, 0.5) is 0 Å². The number of benzene rings is 1. The fraction of sp³-hybridized carbons (Fsp3) is 0.400. The minimum Gasteiger partial charge on any atom is -0.388 e. The predicted molar refractivity (Wildman–Crippen MR) is 80.1 cm³/mol. The lowest BCUT2D eigenvalue weighted by Gasteiger charge is -2.14. The molecule has 2 aromatic rings. The van der Waals surface area contributed by atoms with Gasteiger partial charge in [0.25, 0.3) is 0 Å². The second-order valence-corrected chi connectivity index (χ2v) is 5.76.